The van der Waals surface area contributed by atoms with Gasteiger partial charge in [-0.3, -0.25) is 0 Å². The maximum Gasteiger partial charge on any atom is 0.161 e. The molecule has 0 bridgehead atoms. The van der Waals surface area contributed by atoms with Gasteiger partial charge in [0.2, 0.25) is 0 Å². The van der Waals surface area contributed by atoms with Gasteiger partial charge < -0.3 is 9.47 Å². The normalized spacial score (nSPS) is 9.29. The molecule has 5 heteroatoms. The molecule has 1 aromatic heterocycles. The van der Waals surface area contributed by atoms with Crippen LogP contribution >= 0.6 is 11.3 Å². The number of methoxy groups -OCH3 is 1. The summed E-state index contributed by atoms with van der Waals surface area (Å²) in [6.45, 7) is 0.477. The molecule has 0 saturated heterocycles. The van der Waals surface area contributed by atoms with Crippen LogP contribution in [0.25, 0.3) is 6.08 Å². The molecule has 0 radical (unpaired) electrons. The molecule has 21 heavy (non-hydrogen) atoms. The van der Waals surface area contributed by atoms with E-state index < -0.39 is 0 Å². The Labute approximate surface area is 127 Å². The first kappa shape index (κ1) is 14.6. The first-order chi connectivity index (χ1) is 10.3. The molecule has 0 spiro atoms. The fourth-order valence-corrected chi connectivity index (χ4v) is 2.31. The molecule has 0 atom stereocenters. The molecule has 1 heterocycles. The summed E-state index contributed by atoms with van der Waals surface area (Å²) >= 11 is 1.63. The van der Waals surface area contributed by atoms with Gasteiger partial charge in [-0.05, 0) is 35.2 Å². The summed E-state index contributed by atoms with van der Waals surface area (Å²) in [6.07, 6.45) is 1.51. The Balaban J connectivity index is 2.19. The van der Waals surface area contributed by atoms with Gasteiger partial charge in [0.15, 0.2) is 11.5 Å². The molecule has 0 amide bonds. The topological polar surface area (TPSA) is 66.0 Å². The number of thiophene rings is 1. The van der Waals surface area contributed by atoms with Crippen molar-refractivity contribution >= 4 is 17.4 Å². The lowest BCUT2D eigenvalue weighted by Crippen LogP contribution is -1.96. The molecule has 1 aromatic carbocycles. The summed E-state index contributed by atoms with van der Waals surface area (Å²) < 4.78 is 11.0. The quantitative estimate of drug-likeness (QED) is 0.788. The lowest BCUT2D eigenvalue weighted by Gasteiger charge is -2.10. The highest BCUT2D eigenvalue weighted by molar-refractivity contribution is 7.09. The summed E-state index contributed by atoms with van der Waals surface area (Å²) in [5.74, 6) is 1.19. The summed E-state index contributed by atoms with van der Waals surface area (Å²) in [6, 6.07) is 12.9. The van der Waals surface area contributed by atoms with Crippen LogP contribution in [0, 0.1) is 22.7 Å². The SMILES string of the molecule is COc1cc(C=C(C#N)C#N)ccc1OCc1cccs1. The van der Waals surface area contributed by atoms with Gasteiger partial charge in [0.1, 0.15) is 24.3 Å². The van der Waals surface area contributed by atoms with Gasteiger partial charge in [-0.1, -0.05) is 12.1 Å². The van der Waals surface area contributed by atoms with Gasteiger partial charge in [-0.2, -0.15) is 10.5 Å². The predicted octanol–water partition coefficient (Wildman–Crippen LogP) is 3.77. The van der Waals surface area contributed by atoms with Gasteiger partial charge in [-0.15, -0.1) is 11.3 Å². The van der Waals surface area contributed by atoms with Crippen LogP contribution in [0.4, 0.5) is 0 Å². The smallest absolute Gasteiger partial charge is 0.161 e. The standard InChI is InChI=1S/C16H12N2O2S/c1-19-16-8-12(7-13(9-17)10-18)4-5-15(16)20-11-14-3-2-6-21-14/h2-8H,11H2,1H3. The van der Waals surface area contributed by atoms with Gasteiger partial charge in [0, 0.05) is 4.88 Å². The zero-order valence-electron chi connectivity index (χ0n) is 11.4. The van der Waals surface area contributed by atoms with Gasteiger partial charge >= 0.3 is 0 Å². The van der Waals surface area contributed by atoms with Crippen molar-refractivity contribution in [3.63, 3.8) is 0 Å². The van der Waals surface area contributed by atoms with Crippen molar-refractivity contribution in [1.29, 1.82) is 10.5 Å². The van der Waals surface area contributed by atoms with Crippen molar-refractivity contribution in [2.24, 2.45) is 0 Å². The second kappa shape index (κ2) is 7.14. The number of nitrogens with zero attached hydrogens (tertiary/aromatic N) is 2. The zero-order valence-corrected chi connectivity index (χ0v) is 12.2. The van der Waals surface area contributed by atoms with Crippen molar-refractivity contribution in [2.75, 3.05) is 7.11 Å². The van der Waals surface area contributed by atoms with Crippen LogP contribution in [0.1, 0.15) is 10.4 Å². The van der Waals surface area contributed by atoms with E-state index in [9.17, 15) is 0 Å². The van der Waals surface area contributed by atoms with Crippen LogP contribution in [-0.2, 0) is 6.61 Å². The Hall–Kier alpha value is -2.76. The Bertz CT molecular complexity index is 706. The lowest BCUT2D eigenvalue weighted by molar-refractivity contribution is 0.287. The molecule has 0 aliphatic carbocycles. The molecule has 104 valence electrons. The molecule has 4 nitrogen and oxygen atoms in total. The zero-order chi connectivity index (χ0) is 15.1. The summed E-state index contributed by atoms with van der Waals surface area (Å²) in [5.41, 5.74) is 0.762. The largest absolute Gasteiger partial charge is 0.493 e. The third-order valence-corrected chi connectivity index (χ3v) is 3.54. The predicted molar refractivity (Wildman–Crippen MR) is 80.8 cm³/mol. The molecule has 0 aliphatic rings. The number of ether oxygens (including phenoxy) is 2. The van der Waals surface area contributed by atoms with Gasteiger partial charge in [0.05, 0.1) is 7.11 Å². The number of hydrogen-bond acceptors (Lipinski definition) is 5. The molecule has 0 aliphatic heterocycles. The molecular formula is C16H12N2O2S. The molecule has 0 saturated carbocycles. The molecule has 0 unspecified atom stereocenters. The minimum atomic E-state index is 0.0457. The average molecular weight is 296 g/mol. The number of benzene rings is 1. The Morgan fingerprint density at radius 3 is 2.67 bits per heavy atom. The highest BCUT2D eigenvalue weighted by Crippen LogP contribution is 2.30. The maximum atomic E-state index is 8.76. The van der Waals surface area contributed by atoms with E-state index in [1.54, 1.807) is 36.6 Å². The summed E-state index contributed by atoms with van der Waals surface area (Å²) in [4.78, 5) is 1.12. The fourth-order valence-electron chi connectivity index (χ4n) is 1.69. The van der Waals surface area contributed by atoms with Crippen LogP contribution in [0.5, 0.6) is 11.5 Å². The van der Waals surface area contributed by atoms with E-state index in [2.05, 4.69) is 0 Å². The van der Waals surface area contributed by atoms with Crippen molar-refractivity contribution in [2.45, 2.75) is 6.61 Å². The molecule has 0 fully saturated rings. The minimum absolute atomic E-state index is 0.0457. The molecule has 2 aromatic rings. The van der Waals surface area contributed by atoms with E-state index in [0.29, 0.717) is 23.7 Å². The molecule has 0 N–H and O–H groups in total. The second-order valence-corrected chi connectivity index (χ2v) is 5.09. The first-order valence-electron chi connectivity index (χ1n) is 6.12. The van der Waals surface area contributed by atoms with Crippen molar-refractivity contribution < 1.29 is 9.47 Å². The fraction of sp³-hybridized carbons (Fsp3) is 0.125. The van der Waals surface area contributed by atoms with Crippen LogP contribution in [0.2, 0.25) is 0 Å². The van der Waals surface area contributed by atoms with Crippen molar-refractivity contribution in [1.82, 2.24) is 0 Å². The molecular weight excluding hydrogens is 284 g/mol. The Morgan fingerprint density at radius 2 is 2.05 bits per heavy atom. The Kier molecular flexibility index (Phi) is 4.98. The monoisotopic (exact) mass is 296 g/mol. The van der Waals surface area contributed by atoms with Crippen LogP contribution in [0.15, 0.2) is 41.3 Å². The van der Waals surface area contributed by atoms with E-state index in [1.165, 1.54) is 6.08 Å². The van der Waals surface area contributed by atoms with Crippen LogP contribution in [-0.4, -0.2) is 7.11 Å². The minimum Gasteiger partial charge on any atom is -0.493 e. The number of allylic oxidation sites excluding steroid dienone is 1. The summed E-state index contributed by atoms with van der Waals surface area (Å²) in [5, 5.41) is 19.5. The number of hydrogen-bond donors (Lipinski definition) is 0. The third-order valence-electron chi connectivity index (χ3n) is 2.69. The third kappa shape index (κ3) is 3.85. The average Bonchev–Trinajstić information content (AvgIpc) is 3.04. The van der Waals surface area contributed by atoms with E-state index >= 15 is 0 Å². The Morgan fingerprint density at radius 1 is 1.24 bits per heavy atom. The maximum absolute atomic E-state index is 8.76. The lowest BCUT2D eigenvalue weighted by atomic mass is 10.1. The second-order valence-electron chi connectivity index (χ2n) is 4.06. The number of rotatable bonds is 5. The van der Waals surface area contributed by atoms with Crippen molar-refractivity contribution in [3.8, 4) is 23.6 Å². The molecule has 2 rings (SSSR count). The highest BCUT2D eigenvalue weighted by Gasteiger charge is 2.06. The van der Waals surface area contributed by atoms with E-state index in [4.69, 9.17) is 20.0 Å². The van der Waals surface area contributed by atoms with E-state index in [-0.39, 0.29) is 5.57 Å². The van der Waals surface area contributed by atoms with E-state index in [0.717, 1.165) is 4.88 Å². The van der Waals surface area contributed by atoms with Crippen molar-refractivity contribution in [3.05, 3.63) is 51.7 Å². The van der Waals surface area contributed by atoms with E-state index in [1.807, 2.05) is 29.7 Å². The highest BCUT2D eigenvalue weighted by atomic mass is 32.1. The van der Waals surface area contributed by atoms with Crippen LogP contribution in [0.3, 0.4) is 0 Å². The van der Waals surface area contributed by atoms with Gasteiger partial charge in [-0.25, -0.2) is 0 Å². The first-order valence-corrected chi connectivity index (χ1v) is 7.00. The number of nitriles is 2. The van der Waals surface area contributed by atoms with Crippen LogP contribution < -0.4 is 9.47 Å². The summed E-state index contributed by atoms with van der Waals surface area (Å²) in [7, 11) is 1.55. The van der Waals surface area contributed by atoms with Gasteiger partial charge in [0.25, 0.3) is 0 Å².